The van der Waals surface area contributed by atoms with Gasteiger partial charge in [-0.25, -0.2) is 0 Å². The van der Waals surface area contributed by atoms with Crippen LogP contribution in [0.1, 0.15) is 21.5 Å². The number of aryl methyl sites for hydroxylation is 1. The first kappa shape index (κ1) is 12.4. The molecule has 0 aliphatic heterocycles. The highest BCUT2D eigenvalue weighted by Crippen LogP contribution is 2.20. The molecule has 0 amide bonds. The van der Waals surface area contributed by atoms with Crippen LogP contribution in [0.15, 0.2) is 60.7 Å². The quantitative estimate of drug-likeness (QED) is 0.560. The fourth-order valence-corrected chi connectivity index (χ4v) is 2.35. The highest BCUT2D eigenvalue weighted by Gasteiger charge is 2.09. The van der Waals surface area contributed by atoms with E-state index in [0.717, 1.165) is 10.8 Å². The number of carbonyl (C=O) groups is 1. The number of rotatable bonds is 2. The van der Waals surface area contributed by atoms with Crippen molar-refractivity contribution in [3.63, 3.8) is 0 Å². The molecule has 3 aromatic rings. The number of fused-ring (bicyclic) bond motifs is 1. The summed E-state index contributed by atoms with van der Waals surface area (Å²) in [7, 11) is 0. The van der Waals surface area contributed by atoms with Gasteiger partial charge < -0.3 is 5.73 Å². The fourth-order valence-electron chi connectivity index (χ4n) is 2.35. The molecule has 3 rings (SSSR count). The molecule has 0 bridgehead atoms. The molecular weight excluding hydrogens is 246 g/mol. The number of ketones is 1. The minimum atomic E-state index is -0.000208. The second-order valence-electron chi connectivity index (χ2n) is 5.02. The molecule has 0 heterocycles. The summed E-state index contributed by atoms with van der Waals surface area (Å²) >= 11 is 0. The first-order chi connectivity index (χ1) is 9.63. The maximum Gasteiger partial charge on any atom is 0.193 e. The van der Waals surface area contributed by atoms with Gasteiger partial charge in [-0.2, -0.15) is 0 Å². The zero-order valence-electron chi connectivity index (χ0n) is 11.3. The van der Waals surface area contributed by atoms with E-state index in [1.165, 1.54) is 5.56 Å². The molecule has 0 saturated carbocycles. The molecular formula is C18H15NO. The molecule has 2 nitrogen and oxygen atoms in total. The maximum absolute atomic E-state index is 12.5. The van der Waals surface area contributed by atoms with Crippen molar-refractivity contribution in [2.45, 2.75) is 6.92 Å². The van der Waals surface area contributed by atoms with Crippen LogP contribution < -0.4 is 5.73 Å². The number of nitrogen functional groups attached to an aromatic ring is 1. The van der Waals surface area contributed by atoms with Crippen molar-refractivity contribution in [2.24, 2.45) is 0 Å². The van der Waals surface area contributed by atoms with Crippen LogP contribution in [0.2, 0.25) is 0 Å². The van der Waals surface area contributed by atoms with E-state index in [1.54, 1.807) is 24.3 Å². The summed E-state index contributed by atoms with van der Waals surface area (Å²) in [5.74, 6) is -0.000208. The van der Waals surface area contributed by atoms with Crippen LogP contribution in [-0.4, -0.2) is 5.78 Å². The number of anilines is 1. The van der Waals surface area contributed by atoms with Crippen LogP contribution >= 0.6 is 0 Å². The Labute approximate surface area is 117 Å². The third kappa shape index (κ3) is 2.28. The third-order valence-corrected chi connectivity index (χ3v) is 3.41. The standard InChI is InChI=1S/C18H15NO/c1-12-5-6-14-10-16(8-7-13(14)9-12)18(20)15-3-2-4-17(19)11-15/h2-11H,19H2,1H3. The first-order valence-electron chi connectivity index (χ1n) is 6.54. The molecule has 98 valence electrons. The average molecular weight is 261 g/mol. The molecule has 0 aliphatic carbocycles. The van der Waals surface area contributed by atoms with Gasteiger partial charge in [0.05, 0.1) is 0 Å². The molecule has 3 aromatic carbocycles. The lowest BCUT2D eigenvalue weighted by molar-refractivity contribution is 0.103. The zero-order chi connectivity index (χ0) is 14.1. The Bertz CT molecular complexity index is 805. The zero-order valence-corrected chi connectivity index (χ0v) is 11.3. The molecule has 0 radical (unpaired) electrons. The molecule has 0 unspecified atom stereocenters. The highest BCUT2D eigenvalue weighted by atomic mass is 16.1. The van der Waals surface area contributed by atoms with E-state index in [4.69, 9.17) is 5.73 Å². The minimum Gasteiger partial charge on any atom is -0.399 e. The Hall–Kier alpha value is -2.61. The second kappa shape index (κ2) is 4.82. The lowest BCUT2D eigenvalue weighted by Crippen LogP contribution is -2.01. The van der Waals surface area contributed by atoms with E-state index in [1.807, 2.05) is 24.3 Å². The molecule has 0 aromatic heterocycles. The Morgan fingerprint density at radius 3 is 2.35 bits per heavy atom. The Morgan fingerprint density at radius 2 is 1.55 bits per heavy atom. The first-order valence-corrected chi connectivity index (χ1v) is 6.54. The van der Waals surface area contributed by atoms with Crippen LogP contribution in [0.25, 0.3) is 10.8 Å². The number of hydrogen-bond donors (Lipinski definition) is 1. The predicted molar refractivity (Wildman–Crippen MR) is 83.0 cm³/mol. The van der Waals surface area contributed by atoms with E-state index in [0.29, 0.717) is 16.8 Å². The summed E-state index contributed by atoms with van der Waals surface area (Å²) in [6, 6.07) is 19.1. The monoisotopic (exact) mass is 261 g/mol. The van der Waals surface area contributed by atoms with Gasteiger partial charge in [-0.15, -0.1) is 0 Å². The summed E-state index contributed by atoms with van der Waals surface area (Å²) in [5.41, 5.74) is 8.86. The normalized spacial score (nSPS) is 10.7. The SMILES string of the molecule is Cc1ccc2cc(C(=O)c3cccc(N)c3)ccc2c1. The van der Waals surface area contributed by atoms with Crippen molar-refractivity contribution in [3.8, 4) is 0 Å². The summed E-state index contributed by atoms with van der Waals surface area (Å²) in [6.07, 6.45) is 0. The average Bonchev–Trinajstić information content (AvgIpc) is 2.46. The van der Waals surface area contributed by atoms with Gasteiger partial charge in [0.25, 0.3) is 0 Å². The largest absolute Gasteiger partial charge is 0.399 e. The van der Waals surface area contributed by atoms with Crippen LogP contribution in [0.3, 0.4) is 0 Å². The molecule has 0 fully saturated rings. The molecule has 20 heavy (non-hydrogen) atoms. The number of benzene rings is 3. The van der Waals surface area contributed by atoms with Gasteiger partial charge in [-0.1, -0.05) is 48.0 Å². The van der Waals surface area contributed by atoms with Gasteiger partial charge in [0, 0.05) is 16.8 Å². The summed E-state index contributed by atoms with van der Waals surface area (Å²) < 4.78 is 0. The van der Waals surface area contributed by atoms with Crippen LogP contribution in [-0.2, 0) is 0 Å². The molecule has 2 heteroatoms. The van der Waals surface area contributed by atoms with Gasteiger partial charge in [0.15, 0.2) is 5.78 Å². The maximum atomic E-state index is 12.5. The molecule has 2 N–H and O–H groups in total. The Balaban J connectivity index is 2.06. The van der Waals surface area contributed by atoms with E-state index < -0.39 is 0 Å². The lowest BCUT2D eigenvalue weighted by Gasteiger charge is -2.05. The topological polar surface area (TPSA) is 43.1 Å². The van der Waals surface area contributed by atoms with E-state index in [2.05, 4.69) is 19.1 Å². The fraction of sp³-hybridized carbons (Fsp3) is 0.0556. The predicted octanol–water partition coefficient (Wildman–Crippen LogP) is 3.96. The van der Waals surface area contributed by atoms with Crippen molar-refractivity contribution < 1.29 is 4.79 Å². The minimum absolute atomic E-state index is 0.000208. The van der Waals surface area contributed by atoms with E-state index >= 15 is 0 Å². The molecule has 0 spiro atoms. The van der Waals surface area contributed by atoms with Crippen molar-refractivity contribution in [2.75, 3.05) is 5.73 Å². The Kier molecular flexibility index (Phi) is 2.99. The lowest BCUT2D eigenvalue weighted by atomic mass is 9.99. The Morgan fingerprint density at radius 1 is 0.850 bits per heavy atom. The summed E-state index contributed by atoms with van der Waals surface area (Å²) in [6.45, 7) is 2.06. The van der Waals surface area contributed by atoms with E-state index in [-0.39, 0.29) is 5.78 Å². The number of nitrogens with two attached hydrogens (primary N) is 1. The van der Waals surface area contributed by atoms with Crippen LogP contribution in [0, 0.1) is 6.92 Å². The number of carbonyl (C=O) groups excluding carboxylic acids is 1. The van der Waals surface area contributed by atoms with Crippen LogP contribution in [0.4, 0.5) is 5.69 Å². The third-order valence-electron chi connectivity index (χ3n) is 3.41. The smallest absolute Gasteiger partial charge is 0.193 e. The van der Waals surface area contributed by atoms with Crippen LogP contribution in [0.5, 0.6) is 0 Å². The van der Waals surface area contributed by atoms with Gasteiger partial charge in [0.2, 0.25) is 0 Å². The van der Waals surface area contributed by atoms with Crippen molar-refractivity contribution in [1.82, 2.24) is 0 Å². The van der Waals surface area contributed by atoms with Crippen molar-refractivity contribution in [3.05, 3.63) is 77.4 Å². The van der Waals surface area contributed by atoms with Gasteiger partial charge in [-0.05, 0) is 35.9 Å². The van der Waals surface area contributed by atoms with Gasteiger partial charge >= 0.3 is 0 Å². The molecule has 0 atom stereocenters. The summed E-state index contributed by atoms with van der Waals surface area (Å²) in [5, 5.41) is 2.22. The molecule has 0 aliphatic rings. The van der Waals surface area contributed by atoms with E-state index in [9.17, 15) is 4.79 Å². The van der Waals surface area contributed by atoms with Crippen molar-refractivity contribution >= 4 is 22.2 Å². The number of hydrogen-bond acceptors (Lipinski definition) is 2. The summed E-state index contributed by atoms with van der Waals surface area (Å²) in [4.78, 5) is 12.5. The molecule has 0 saturated heterocycles. The second-order valence-corrected chi connectivity index (χ2v) is 5.02. The van der Waals surface area contributed by atoms with Gasteiger partial charge in [0.1, 0.15) is 0 Å². The highest BCUT2D eigenvalue weighted by molar-refractivity contribution is 6.11. The van der Waals surface area contributed by atoms with Gasteiger partial charge in [-0.3, -0.25) is 4.79 Å². The van der Waals surface area contributed by atoms with Crippen molar-refractivity contribution in [1.29, 1.82) is 0 Å².